The van der Waals surface area contributed by atoms with Gasteiger partial charge >= 0.3 is 5.97 Å². The van der Waals surface area contributed by atoms with Crippen LogP contribution in [0.1, 0.15) is 66.7 Å². The second-order valence-electron chi connectivity index (χ2n) is 10.9. The lowest BCUT2D eigenvalue weighted by atomic mass is 9.27. The maximum Gasteiger partial charge on any atom is 0.330 e. The van der Waals surface area contributed by atoms with Gasteiger partial charge in [-0.25, -0.2) is 4.79 Å². The summed E-state index contributed by atoms with van der Waals surface area (Å²) in [5.41, 5.74) is -1.45. The van der Waals surface area contributed by atoms with Crippen molar-refractivity contribution >= 4 is 25.4 Å². The van der Waals surface area contributed by atoms with Crippen LogP contribution in [0, 0.1) is 28.1 Å². The van der Waals surface area contributed by atoms with Crippen LogP contribution in [0.25, 0.3) is 0 Å². The highest BCUT2D eigenvalue weighted by atomic mass is 16.5. The van der Waals surface area contributed by atoms with Crippen LogP contribution in [0.15, 0.2) is 11.6 Å². The summed E-state index contributed by atoms with van der Waals surface area (Å²) in [4.78, 5) is 38.9. The summed E-state index contributed by atoms with van der Waals surface area (Å²) in [7, 11) is 9.05. The number of rotatable bonds is 5. The van der Waals surface area contributed by atoms with Gasteiger partial charge in [-0.05, 0) is 62.7 Å². The van der Waals surface area contributed by atoms with Crippen molar-refractivity contribution in [3.63, 3.8) is 0 Å². The monoisotopic (exact) mass is 443 g/mol. The molecule has 2 radical (unpaired) electrons. The Hall–Kier alpha value is -1.47. The molecule has 0 aromatic heterocycles. The molecule has 0 aliphatic heterocycles. The fourth-order valence-corrected chi connectivity index (χ4v) is 7.24. The average Bonchev–Trinajstić information content (AvgIpc) is 2.73. The second-order valence-corrected chi connectivity index (χ2v) is 10.9. The molecule has 0 heterocycles. The van der Waals surface area contributed by atoms with Crippen molar-refractivity contribution in [1.29, 1.82) is 0 Å². The number of fused-ring (bicyclic) bond motifs is 3. The lowest BCUT2D eigenvalue weighted by Crippen LogP contribution is -2.68. The maximum absolute atomic E-state index is 13.8. The Labute approximate surface area is 193 Å². The van der Waals surface area contributed by atoms with Crippen molar-refractivity contribution in [2.75, 3.05) is 20.2 Å². The van der Waals surface area contributed by atoms with Crippen LogP contribution in [-0.2, 0) is 19.1 Å². The second kappa shape index (κ2) is 8.39. The van der Waals surface area contributed by atoms with Crippen LogP contribution in [0.3, 0.4) is 0 Å². The van der Waals surface area contributed by atoms with Crippen molar-refractivity contribution in [3.05, 3.63) is 11.6 Å². The third-order valence-electron chi connectivity index (χ3n) is 9.93. The standard InChI is InChI=1S/C25H38BNO5/c1-15-17(13-21(31)32-12-11-27-6)7-10-25(26)22(3)9-8-19(29)23(4,16(2)28)18(22)14-20(30)24(15,25)5/h13,15,18-19,27,29H,7-12,14H2,1-6H3/b17-13+/t15-,18+,19?,22-,23+,24+,25-/m0/s1. The molecule has 7 heteroatoms. The van der Waals surface area contributed by atoms with E-state index in [1.165, 1.54) is 13.0 Å². The van der Waals surface area contributed by atoms with E-state index in [1.807, 2.05) is 13.8 Å². The Morgan fingerprint density at radius 2 is 1.94 bits per heavy atom. The minimum atomic E-state index is -0.993. The minimum absolute atomic E-state index is 0.0192. The number of hydrogen-bond acceptors (Lipinski definition) is 6. The van der Waals surface area contributed by atoms with Gasteiger partial charge in [-0.2, -0.15) is 0 Å². The van der Waals surface area contributed by atoms with E-state index in [4.69, 9.17) is 12.6 Å². The van der Waals surface area contributed by atoms with Gasteiger partial charge in [0.25, 0.3) is 0 Å². The zero-order chi connectivity index (χ0) is 24.1. The molecule has 6 nitrogen and oxygen atoms in total. The number of carbonyl (C=O) groups is 3. The third-order valence-corrected chi connectivity index (χ3v) is 9.93. The van der Waals surface area contributed by atoms with E-state index in [2.05, 4.69) is 12.2 Å². The summed E-state index contributed by atoms with van der Waals surface area (Å²) in [5, 5.41) is 12.9. The van der Waals surface area contributed by atoms with E-state index in [0.717, 1.165) is 5.57 Å². The van der Waals surface area contributed by atoms with Crippen LogP contribution < -0.4 is 5.32 Å². The number of Topliss-reactive ketones (excluding diaryl/α,β-unsaturated/α-hetero) is 2. The molecular weight excluding hydrogens is 405 g/mol. The van der Waals surface area contributed by atoms with Crippen LogP contribution >= 0.6 is 0 Å². The van der Waals surface area contributed by atoms with Gasteiger partial charge in [-0.3, -0.25) is 9.59 Å². The van der Waals surface area contributed by atoms with Gasteiger partial charge in [0, 0.05) is 24.5 Å². The van der Waals surface area contributed by atoms with Crippen molar-refractivity contribution in [1.82, 2.24) is 5.32 Å². The van der Waals surface area contributed by atoms with E-state index in [0.29, 0.717) is 32.2 Å². The van der Waals surface area contributed by atoms with Gasteiger partial charge in [-0.15, -0.1) is 0 Å². The molecule has 0 aromatic carbocycles. The van der Waals surface area contributed by atoms with Gasteiger partial charge in [0.05, 0.1) is 19.4 Å². The third kappa shape index (κ3) is 3.25. The first-order chi connectivity index (χ1) is 14.8. The van der Waals surface area contributed by atoms with E-state index >= 15 is 0 Å². The molecule has 0 spiro atoms. The normalized spacial score (nSPS) is 45.2. The van der Waals surface area contributed by atoms with Crippen LogP contribution in [-0.4, -0.2) is 56.8 Å². The summed E-state index contributed by atoms with van der Waals surface area (Å²) in [6.45, 7) is 10.2. The zero-order valence-electron chi connectivity index (χ0n) is 20.4. The van der Waals surface area contributed by atoms with Crippen LogP contribution in [0.2, 0.25) is 5.31 Å². The molecule has 1 unspecified atom stereocenters. The Morgan fingerprint density at radius 1 is 1.28 bits per heavy atom. The molecule has 3 aliphatic rings. The molecule has 3 rings (SSSR count). The van der Waals surface area contributed by atoms with Gasteiger partial charge in [0.1, 0.15) is 18.2 Å². The fraction of sp³-hybridized carbons (Fsp3) is 0.800. The van der Waals surface area contributed by atoms with Crippen molar-refractivity contribution < 1.29 is 24.2 Å². The summed E-state index contributed by atoms with van der Waals surface area (Å²) >= 11 is 0. The average molecular weight is 443 g/mol. The Balaban J connectivity index is 2.01. The highest BCUT2D eigenvalue weighted by molar-refractivity contribution is 6.20. The Kier molecular flexibility index (Phi) is 6.60. The van der Waals surface area contributed by atoms with Crippen molar-refractivity contribution in [2.45, 2.75) is 78.1 Å². The number of ketones is 2. The Morgan fingerprint density at radius 3 is 2.53 bits per heavy atom. The van der Waals surface area contributed by atoms with Gasteiger partial charge in [0.2, 0.25) is 0 Å². The first-order valence-electron chi connectivity index (χ1n) is 11.8. The summed E-state index contributed by atoms with van der Waals surface area (Å²) in [6, 6.07) is 0. The molecule has 3 saturated carbocycles. The molecule has 32 heavy (non-hydrogen) atoms. The number of esters is 1. The van der Waals surface area contributed by atoms with E-state index < -0.39 is 33.6 Å². The number of hydrogen-bond donors (Lipinski definition) is 2. The number of aliphatic hydroxyl groups is 1. The number of carbonyl (C=O) groups excluding carboxylic acids is 3. The predicted octanol–water partition coefficient (Wildman–Crippen LogP) is 2.78. The zero-order valence-corrected chi connectivity index (χ0v) is 20.4. The van der Waals surface area contributed by atoms with Crippen LogP contribution in [0.4, 0.5) is 0 Å². The number of nitrogens with one attached hydrogen (secondary N) is 1. The molecule has 2 N–H and O–H groups in total. The van der Waals surface area contributed by atoms with Gasteiger partial charge in [0.15, 0.2) is 0 Å². The number of allylic oxidation sites excluding steroid dienone is 1. The molecule has 7 atom stereocenters. The minimum Gasteiger partial charge on any atom is -0.461 e. The lowest BCUT2D eigenvalue weighted by molar-refractivity contribution is -0.189. The molecule has 3 aliphatic carbocycles. The number of likely N-dealkylation sites (N-methyl/N-ethyl adjacent to an activating group) is 1. The van der Waals surface area contributed by atoms with Gasteiger partial charge in [-0.1, -0.05) is 32.8 Å². The van der Waals surface area contributed by atoms with E-state index in [1.54, 1.807) is 14.0 Å². The highest BCUT2D eigenvalue weighted by Gasteiger charge is 2.72. The molecule has 0 saturated heterocycles. The lowest BCUT2D eigenvalue weighted by Gasteiger charge is -2.71. The highest BCUT2D eigenvalue weighted by Crippen LogP contribution is 2.76. The van der Waals surface area contributed by atoms with Gasteiger partial charge < -0.3 is 15.2 Å². The molecule has 0 amide bonds. The number of aliphatic hydroxyl groups excluding tert-OH is 1. The first kappa shape index (κ1) is 25.2. The molecule has 0 bridgehead atoms. The maximum atomic E-state index is 13.8. The summed E-state index contributed by atoms with van der Waals surface area (Å²) in [6.07, 6.45) is 3.28. The predicted molar refractivity (Wildman–Crippen MR) is 123 cm³/mol. The smallest absolute Gasteiger partial charge is 0.330 e. The molecular formula is C25H38BNO5. The van der Waals surface area contributed by atoms with Crippen molar-refractivity contribution in [2.24, 2.45) is 28.1 Å². The fourth-order valence-electron chi connectivity index (χ4n) is 7.24. The van der Waals surface area contributed by atoms with Crippen molar-refractivity contribution in [3.8, 4) is 0 Å². The summed E-state index contributed by atoms with van der Waals surface area (Å²) in [5.74, 6) is -1.00. The summed E-state index contributed by atoms with van der Waals surface area (Å²) < 4.78 is 5.27. The molecule has 0 aromatic rings. The SMILES string of the molecule is [B][C@]12CC/C(=C\C(=O)OCCNC)[C@H](C)[C@]1(C)C(=O)C[C@H]1[C@@](C)(C(C)=O)C(O)CC[C@@]12C. The quantitative estimate of drug-likeness (QED) is 0.294. The molecule has 3 fully saturated rings. The first-order valence-corrected chi connectivity index (χ1v) is 11.8. The molecule has 176 valence electrons. The largest absolute Gasteiger partial charge is 0.461 e. The number of ether oxygens (including phenoxy) is 1. The van der Waals surface area contributed by atoms with E-state index in [9.17, 15) is 19.5 Å². The van der Waals surface area contributed by atoms with E-state index in [-0.39, 0.29) is 36.4 Å². The van der Waals surface area contributed by atoms with Crippen LogP contribution in [0.5, 0.6) is 0 Å². The Bertz CT molecular complexity index is 842. The topological polar surface area (TPSA) is 92.7 Å².